The number of rotatable bonds is 8. The van der Waals surface area contributed by atoms with Gasteiger partial charge in [0.05, 0.1) is 12.0 Å². The maximum atomic E-state index is 13.8. The fourth-order valence-corrected chi connectivity index (χ4v) is 3.63. The van der Waals surface area contributed by atoms with Gasteiger partial charge in [-0.15, -0.1) is 0 Å². The van der Waals surface area contributed by atoms with Gasteiger partial charge in [-0.05, 0) is 55.1 Å². The Hall–Kier alpha value is -3.33. The van der Waals surface area contributed by atoms with Gasteiger partial charge in [0.1, 0.15) is 17.3 Å². The summed E-state index contributed by atoms with van der Waals surface area (Å²) < 4.78 is 24.4. The fourth-order valence-electron chi connectivity index (χ4n) is 2.77. The Bertz CT molecular complexity index is 1010. The van der Waals surface area contributed by atoms with Gasteiger partial charge in [-0.25, -0.2) is 4.39 Å². The Morgan fingerprint density at radius 2 is 1.84 bits per heavy atom. The zero-order valence-corrected chi connectivity index (χ0v) is 17.8. The highest BCUT2D eigenvalue weighted by Crippen LogP contribution is 2.32. The van der Waals surface area contributed by atoms with E-state index in [1.54, 1.807) is 50.4 Å². The summed E-state index contributed by atoms with van der Waals surface area (Å²) in [5, 5.41) is 2.18. The normalized spacial score (nSPS) is 15.8. The summed E-state index contributed by atoms with van der Waals surface area (Å²) in [6.45, 7) is 1.66. The van der Waals surface area contributed by atoms with Gasteiger partial charge in [-0.1, -0.05) is 18.2 Å². The van der Waals surface area contributed by atoms with Crippen LogP contribution >= 0.6 is 11.8 Å². The molecule has 2 aromatic rings. The molecular weight excluding hydrogens is 423 g/mol. The third-order valence-electron chi connectivity index (χ3n) is 4.44. The molecule has 3 amide bonds. The molecule has 1 N–H and O–H groups in total. The molecular formula is C22H21FN2O5S. The van der Waals surface area contributed by atoms with E-state index in [1.165, 1.54) is 18.2 Å². The molecule has 1 aliphatic rings. The van der Waals surface area contributed by atoms with Crippen molar-refractivity contribution in [3.8, 4) is 11.5 Å². The summed E-state index contributed by atoms with van der Waals surface area (Å²) in [6.07, 6.45) is 0.577. The molecule has 1 atom stereocenters. The number of hydrogen-bond donors (Lipinski definition) is 1. The number of carbonyl (C=O) groups is 3. The number of methoxy groups -OCH3 is 1. The number of thioether (sulfide) groups is 1. The second-order valence-corrected chi connectivity index (χ2v) is 7.57. The van der Waals surface area contributed by atoms with Gasteiger partial charge < -0.3 is 14.8 Å². The predicted octanol–water partition coefficient (Wildman–Crippen LogP) is 3.45. The Kier molecular flexibility index (Phi) is 7.30. The van der Waals surface area contributed by atoms with Gasteiger partial charge in [0.15, 0.2) is 6.10 Å². The lowest BCUT2D eigenvalue weighted by molar-refractivity contribution is -0.128. The summed E-state index contributed by atoms with van der Waals surface area (Å²) in [6, 6.07) is 12.8. The summed E-state index contributed by atoms with van der Waals surface area (Å²) in [4.78, 5) is 38.0. The van der Waals surface area contributed by atoms with Crippen LogP contribution in [0.5, 0.6) is 11.5 Å². The molecule has 1 saturated heterocycles. The van der Waals surface area contributed by atoms with Gasteiger partial charge in [-0.2, -0.15) is 0 Å². The number of halogens is 1. The van der Waals surface area contributed by atoms with Crippen molar-refractivity contribution in [1.29, 1.82) is 0 Å². The van der Waals surface area contributed by atoms with Crippen LogP contribution in [0.1, 0.15) is 12.5 Å². The molecule has 1 fully saturated rings. The second kappa shape index (κ2) is 10.1. The van der Waals surface area contributed by atoms with Crippen molar-refractivity contribution in [2.24, 2.45) is 0 Å². The van der Waals surface area contributed by atoms with Crippen LogP contribution < -0.4 is 14.8 Å². The Labute approximate surface area is 183 Å². The smallest absolute Gasteiger partial charge is 0.293 e. The minimum absolute atomic E-state index is 0.000272. The number of nitrogens with zero attached hydrogens (tertiary/aromatic N) is 1. The number of carbonyl (C=O) groups excluding carboxylic acids is 3. The molecule has 2 aromatic carbocycles. The van der Waals surface area contributed by atoms with E-state index in [9.17, 15) is 18.8 Å². The van der Waals surface area contributed by atoms with E-state index in [2.05, 4.69) is 5.32 Å². The maximum Gasteiger partial charge on any atom is 0.293 e. The zero-order chi connectivity index (χ0) is 22.4. The van der Waals surface area contributed by atoms with Crippen molar-refractivity contribution < 1.29 is 28.2 Å². The quantitative estimate of drug-likeness (QED) is 0.628. The topological polar surface area (TPSA) is 84.9 Å². The van der Waals surface area contributed by atoms with Crippen molar-refractivity contribution in [2.75, 3.05) is 20.2 Å². The van der Waals surface area contributed by atoms with Crippen LogP contribution in [0, 0.1) is 5.82 Å². The number of nitrogens with one attached hydrogen (secondary N) is 1. The monoisotopic (exact) mass is 444 g/mol. The average Bonchev–Trinajstić information content (AvgIpc) is 3.03. The van der Waals surface area contributed by atoms with Crippen LogP contribution in [0.3, 0.4) is 0 Å². The van der Waals surface area contributed by atoms with Gasteiger partial charge in [-0.3, -0.25) is 19.3 Å². The SMILES string of the molecule is COc1ccc(O[C@H](C)C(=O)NCCN2C(=O)S/C(=C\c3ccccc3F)C2=O)cc1. The van der Waals surface area contributed by atoms with E-state index < -0.39 is 23.1 Å². The molecule has 3 rings (SSSR count). The number of amides is 3. The van der Waals surface area contributed by atoms with Crippen molar-refractivity contribution in [1.82, 2.24) is 10.2 Å². The molecule has 0 bridgehead atoms. The lowest BCUT2D eigenvalue weighted by Gasteiger charge is -2.17. The van der Waals surface area contributed by atoms with Crippen LogP contribution in [-0.2, 0) is 9.59 Å². The summed E-state index contributed by atoms with van der Waals surface area (Å²) in [7, 11) is 1.55. The Morgan fingerprint density at radius 3 is 2.52 bits per heavy atom. The number of hydrogen-bond acceptors (Lipinski definition) is 6. The van der Waals surface area contributed by atoms with Crippen LogP contribution in [0.25, 0.3) is 6.08 Å². The van der Waals surface area contributed by atoms with Gasteiger partial charge in [0.2, 0.25) is 0 Å². The molecule has 0 aromatic heterocycles. The maximum absolute atomic E-state index is 13.8. The largest absolute Gasteiger partial charge is 0.497 e. The Balaban J connectivity index is 1.51. The minimum Gasteiger partial charge on any atom is -0.497 e. The first kappa shape index (κ1) is 22.4. The standard InChI is InChI=1S/C22H21FN2O5S/c1-14(30-17-9-7-16(29-2)8-10-17)20(26)24-11-12-25-21(27)19(31-22(25)28)13-15-5-3-4-6-18(15)23/h3-10,13-14H,11-12H2,1-2H3,(H,24,26)/b19-13-/t14-/m1/s1. The lowest BCUT2D eigenvalue weighted by Crippen LogP contribution is -2.41. The van der Waals surface area contributed by atoms with Crippen molar-refractivity contribution in [3.63, 3.8) is 0 Å². The molecule has 162 valence electrons. The third-order valence-corrected chi connectivity index (χ3v) is 5.35. The van der Waals surface area contributed by atoms with E-state index in [0.29, 0.717) is 11.5 Å². The number of benzene rings is 2. The zero-order valence-electron chi connectivity index (χ0n) is 17.0. The summed E-state index contributed by atoms with van der Waals surface area (Å²) in [5.41, 5.74) is 0.228. The van der Waals surface area contributed by atoms with Gasteiger partial charge >= 0.3 is 0 Å². The molecule has 31 heavy (non-hydrogen) atoms. The molecule has 1 aliphatic heterocycles. The number of ether oxygens (including phenoxy) is 2. The molecule has 0 spiro atoms. The van der Waals surface area contributed by atoms with Crippen molar-refractivity contribution >= 4 is 34.9 Å². The molecule has 0 unspecified atom stereocenters. The van der Waals surface area contributed by atoms with E-state index in [4.69, 9.17) is 9.47 Å². The van der Waals surface area contributed by atoms with E-state index in [1.807, 2.05) is 0 Å². The Morgan fingerprint density at radius 1 is 1.16 bits per heavy atom. The van der Waals surface area contributed by atoms with Crippen LogP contribution in [0.15, 0.2) is 53.4 Å². The second-order valence-electron chi connectivity index (χ2n) is 6.58. The fraction of sp³-hybridized carbons (Fsp3) is 0.227. The summed E-state index contributed by atoms with van der Waals surface area (Å²) in [5.74, 6) is -0.203. The highest BCUT2D eigenvalue weighted by molar-refractivity contribution is 8.18. The van der Waals surface area contributed by atoms with Crippen LogP contribution in [0.2, 0.25) is 0 Å². The first-order valence-corrected chi connectivity index (χ1v) is 10.3. The highest BCUT2D eigenvalue weighted by atomic mass is 32.2. The molecule has 0 radical (unpaired) electrons. The molecule has 7 nitrogen and oxygen atoms in total. The molecule has 1 heterocycles. The minimum atomic E-state index is -0.774. The predicted molar refractivity (Wildman–Crippen MR) is 115 cm³/mol. The first-order valence-electron chi connectivity index (χ1n) is 9.47. The van der Waals surface area contributed by atoms with Crippen LogP contribution in [0.4, 0.5) is 9.18 Å². The van der Waals surface area contributed by atoms with E-state index in [0.717, 1.165) is 16.7 Å². The highest BCUT2D eigenvalue weighted by Gasteiger charge is 2.35. The third kappa shape index (κ3) is 5.64. The molecule has 0 saturated carbocycles. The molecule has 0 aliphatic carbocycles. The van der Waals surface area contributed by atoms with E-state index >= 15 is 0 Å². The van der Waals surface area contributed by atoms with Gasteiger partial charge in [0.25, 0.3) is 17.1 Å². The lowest BCUT2D eigenvalue weighted by atomic mass is 10.2. The average molecular weight is 444 g/mol. The van der Waals surface area contributed by atoms with Crippen molar-refractivity contribution in [3.05, 3.63) is 64.8 Å². The van der Waals surface area contributed by atoms with E-state index in [-0.39, 0.29) is 29.5 Å². The van der Waals surface area contributed by atoms with Crippen LogP contribution in [-0.4, -0.2) is 48.3 Å². The summed E-state index contributed by atoms with van der Waals surface area (Å²) >= 11 is 0.739. The van der Waals surface area contributed by atoms with Crippen molar-refractivity contribution in [2.45, 2.75) is 13.0 Å². The first-order chi connectivity index (χ1) is 14.9. The molecule has 9 heteroatoms. The number of imide groups is 1. The van der Waals surface area contributed by atoms with Gasteiger partial charge in [0, 0.05) is 18.7 Å².